The zero-order chi connectivity index (χ0) is 12.1. The maximum Gasteiger partial charge on any atom is 0.254 e. The molecule has 1 aromatic rings. The summed E-state index contributed by atoms with van der Waals surface area (Å²) in [6.07, 6.45) is 0. The molecule has 1 rings (SSSR count). The maximum absolute atomic E-state index is 12.1. The lowest BCUT2D eigenvalue weighted by atomic mass is 10.1. The molecule has 0 atom stereocenters. The summed E-state index contributed by atoms with van der Waals surface area (Å²) >= 11 is 4.82. The Balaban J connectivity index is 2.86. The fraction of sp³-hybridized carbons (Fsp3) is 0.333. The summed E-state index contributed by atoms with van der Waals surface area (Å²) in [4.78, 5) is 14.0. The minimum Gasteiger partial charge on any atom is -0.392 e. The molecule has 1 amide bonds. The highest BCUT2D eigenvalue weighted by atomic mass is 32.1. The number of thiocarbonyl (C=S) groups is 1. The van der Waals surface area contributed by atoms with E-state index >= 15 is 0 Å². The Morgan fingerprint density at radius 1 is 1.50 bits per heavy atom. The van der Waals surface area contributed by atoms with E-state index < -0.39 is 0 Å². The fourth-order valence-electron chi connectivity index (χ4n) is 1.48. The van der Waals surface area contributed by atoms with Crippen LogP contribution in [0.3, 0.4) is 0 Å². The molecular weight excluding hydrogens is 220 g/mol. The van der Waals surface area contributed by atoms with Gasteiger partial charge in [-0.05, 0) is 26.0 Å². The summed E-state index contributed by atoms with van der Waals surface area (Å²) in [6.45, 7) is 4.80. The Morgan fingerprint density at radius 3 is 2.69 bits per heavy atom. The zero-order valence-corrected chi connectivity index (χ0v) is 10.4. The second kappa shape index (κ2) is 5.61. The molecule has 3 nitrogen and oxygen atoms in total. The lowest BCUT2D eigenvalue weighted by Crippen LogP contribution is -2.37. The number of hydrogen-bond donors (Lipinski definition) is 1. The third-order valence-electron chi connectivity index (χ3n) is 2.28. The van der Waals surface area contributed by atoms with Crippen LogP contribution in [-0.4, -0.2) is 28.9 Å². The van der Waals surface area contributed by atoms with E-state index in [1.807, 2.05) is 32.0 Å². The molecule has 0 fully saturated rings. The van der Waals surface area contributed by atoms with E-state index in [9.17, 15) is 4.79 Å². The molecular formula is C12H16N2OS. The summed E-state index contributed by atoms with van der Waals surface area (Å²) in [5.41, 5.74) is 7.20. The largest absolute Gasteiger partial charge is 0.392 e. The zero-order valence-electron chi connectivity index (χ0n) is 9.56. The minimum absolute atomic E-state index is 0.0287. The highest BCUT2D eigenvalue weighted by Gasteiger charge is 2.14. The van der Waals surface area contributed by atoms with Crippen molar-refractivity contribution in [3.8, 4) is 0 Å². The van der Waals surface area contributed by atoms with Gasteiger partial charge in [-0.15, -0.1) is 0 Å². The normalized spacial score (nSPS) is 9.88. The summed E-state index contributed by atoms with van der Waals surface area (Å²) < 4.78 is 0. The average Bonchev–Trinajstić information content (AvgIpc) is 2.24. The van der Waals surface area contributed by atoms with Gasteiger partial charge in [0.05, 0.1) is 11.5 Å². The molecule has 0 spiro atoms. The molecule has 4 heteroatoms. The Kier molecular flexibility index (Phi) is 4.43. The lowest BCUT2D eigenvalue weighted by Gasteiger charge is -2.20. The van der Waals surface area contributed by atoms with Gasteiger partial charge in [-0.2, -0.15) is 0 Å². The van der Waals surface area contributed by atoms with Crippen LogP contribution < -0.4 is 5.73 Å². The first-order chi connectivity index (χ1) is 7.54. The van der Waals surface area contributed by atoms with E-state index in [4.69, 9.17) is 18.0 Å². The summed E-state index contributed by atoms with van der Waals surface area (Å²) in [5, 5.41) is 0. The van der Waals surface area contributed by atoms with E-state index in [2.05, 4.69) is 0 Å². The number of amides is 1. The first-order valence-corrected chi connectivity index (χ1v) is 5.59. The van der Waals surface area contributed by atoms with E-state index in [0.717, 1.165) is 5.56 Å². The second-order valence-electron chi connectivity index (χ2n) is 3.66. The van der Waals surface area contributed by atoms with Crippen LogP contribution in [0.1, 0.15) is 22.8 Å². The molecule has 86 valence electrons. The molecule has 16 heavy (non-hydrogen) atoms. The van der Waals surface area contributed by atoms with Gasteiger partial charge < -0.3 is 10.6 Å². The van der Waals surface area contributed by atoms with E-state index in [0.29, 0.717) is 23.6 Å². The number of likely N-dealkylation sites (N-methyl/N-ethyl adjacent to an activating group) is 1. The van der Waals surface area contributed by atoms with Gasteiger partial charge in [-0.3, -0.25) is 4.79 Å². The van der Waals surface area contributed by atoms with Crippen molar-refractivity contribution in [1.82, 2.24) is 4.90 Å². The predicted octanol–water partition coefficient (Wildman–Crippen LogP) is 1.74. The highest BCUT2D eigenvalue weighted by molar-refractivity contribution is 7.80. The van der Waals surface area contributed by atoms with Gasteiger partial charge in [0.1, 0.15) is 0 Å². The second-order valence-corrected chi connectivity index (χ2v) is 4.18. The third-order valence-corrected chi connectivity index (χ3v) is 2.41. The smallest absolute Gasteiger partial charge is 0.254 e. The number of nitrogens with zero attached hydrogens (tertiary/aromatic N) is 1. The number of nitrogens with two attached hydrogens (primary N) is 1. The van der Waals surface area contributed by atoms with Crippen LogP contribution in [0.25, 0.3) is 0 Å². The number of carbonyl (C=O) groups is 1. The first-order valence-electron chi connectivity index (χ1n) is 5.19. The van der Waals surface area contributed by atoms with Gasteiger partial charge >= 0.3 is 0 Å². The van der Waals surface area contributed by atoms with Crippen LogP contribution in [0.4, 0.5) is 0 Å². The predicted molar refractivity (Wildman–Crippen MR) is 69.5 cm³/mol. The number of carbonyl (C=O) groups excluding carboxylic acids is 1. The molecule has 2 N–H and O–H groups in total. The van der Waals surface area contributed by atoms with Gasteiger partial charge in [-0.1, -0.05) is 29.9 Å². The Bertz CT molecular complexity index is 404. The van der Waals surface area contributed by atoms with Crippen molar-refractivity contribution in [1.29, 1.82) is 0 Å². The fourth-order valence-corrected chi connectivity index (χ4v) is 1.63. The van der Waals surface area contributed by atoms with Gasteiger partial charge in [0, 0.05) is 12.1 Å². The van der Waals surface area contributed by atoms with Gasteiger partial charge in [0.2, 0.25) is 0 Å². The monoisotopic (exact) mass is 236 g/mol. The van der Waals surface area contributed by atoms with Crippen molar-refractivity contribution in [2.75, 3.05) is 13.1 Å². The van der Waals surface area contributed by atoms with E-state index in [1.54, 1.807) is 11.0 Å². The molecule has 0 saturated heterocycles. The maximum atomic E-state index is 12.1. The Morgan fingerprint density at radius 2 is 2.19 bits per heavy atom. The van der Waals surface area contributed by atoms with Crippen LogP contribution in [0.2, 0.25) is 0 Å². The molecule has 0 aliphatic heterocycles. The number of rotatable bonds is 4. The molecule has 0 aromatic heterocycles. The molecule has 0 radical (unpaired) electrons. The Hall–Kier alpha value is -1.42. The number of aryl methyl sites for hydroxylation is 1. The summed E-state index contributed by atoms with van der Waals surface area (Å²) in [7, 11) is 0. The van der Waals surface area contributed by atoms with Crippen LogP contribution in [-0.2, 0) is 0 Å². The lowest BCUT2D eigenvalue weighted by molar-refractivity contribution is 0.0788. The SMILES string of the molecule is CCN(CC(N)=S)C(=O)c1cccc(C)c1. The molecule has 0 aliphatic rings. The van der Waals surface area contributed by atoms with Crippen molar-refractivity contribution >= 4 is 23.1 Å². The summed E-state index contributed by atoms with van der Waals surface area (Å²) in [5.74, 6) is -0.0287. The average molecular weight is 236 g/mol. The third kappa shape index (κ3) is 3.31. The number of hydrogen-bond acceptors (Lipinski definition) is 2. The van der Waals surface area contributed by atoms with E-state index in [-0.39, 0.29) is 5.91 Å². The van der Waals surface area contributed by atoms with Crippen molar-refractivity contribution < 1.29 is 4.79 Å². The van der Waals surface area contributed by atoms with Gasteiger partial charge in [-0.25, -0.2) is 0 Å². The molecule has 0 unspecified atom stereocenters. The molecule has 0 bridgehead atoms. The highest BCUT2D eigenvalue weighted by Crippen LogP contribution is 2.07. The minimum atomic E-state index is -0.0287. The van der Waals surface area contributed by atoms with Crippen LogP contribution >= 0.6 is 12.2 Å². The quantitative estimate of drug-likeness (QED) is 0.810. The molecule has 0 aliphatic carbocycles. The van der Waals surface area contributed by atoms with Crippen molar-refractivity contribution in [3.63, 3.8) is 0 Å². The standard InChI is InChI=1S/C12H16N2OS/c1-3-14(8-11(13)16)12(15)10-6-4-5-9(2)7-10/h4-7H,3,8H2,1-2H3,(H2,13,16). The van der Waals surface area contributed by atoms with Gasteiger partial charge in [0.15, 0.2) is 0 Å². The first kappa shape index (κ1) is 12.6. The van der Waals surface area contributed by atoms with Crippen molar-refractivity contribution in [2.45, 2.75) is 13.8 Å². The molecule has 1 aromatic carbocycles. The van der Waals surface area contributed by atoms with Gasteiger partial charge in [0.25, 0.3) is 5.91 Å². The summed E-state index contributed by atoms with van der Waals surface area (Å²) in [6, 6.07) is 7.50. The van der Waals surface area contributed by atoms with Crippen molar-refractivity contribution in [2.24, 2.45) is 5.73 Å². The Labute approximate surface area is 101 Å². The number of benzene rings is 1. The van der Waals surface area contributed by atoms with Crippen molar-refractivity contribution in [3.05, 3.63) is 35.4 Å². The molecule has 0 saturated carbocycles. The van der Waals surface area contributed by atoms with Crippen LogP contribution in [0.5, 0.6) is 0 Å². The molecule has 0 heterocycles. The van der Waals surface area contributed by atoms with E-state index in [1.165, 1.54) is 0 Å². The van der Waals surface area contributed by atoms with Crippen LogP contribution in [0, 0.1) is 6.92 Å². The topological polar surface area (TPSA) is 46.3 Å². The van der Waals surface area contributed by atoms with Crippen LogP contribution in [0.15, 0.2) is 24.3 Å².